The summed E-state index contributed by atoms with van der Waals surface area (Å²) in [4.78, 5) is 17.6. The van der Waals surface area contributed by atoms with Crippen LogP contribution < -0.4 is 4.90 Å². The van der Waals surface area contributed by atoms with Crippen LogP contribution in [0, 0.1) is 0 Å². The van der Waals surface area contributed by atoms with Crippen molar-refractivity contribution in [3.63, 3.8) is 0 Å². The van der Waals surface area contributed by atoms with Gasteiger partial charge in [0, 0.05) is 18.8 Å². The number of carbonyl (C=O) groups is 1. The number of carboxylic acids is 1. The Morgan fingerprint density at radius 2 is 2.41 bits per heavy atom. The van der Waals surface area contributed by atoms with E-state index in [2.05, 4.69) is 16.8 Å². The third-order valence-corrected chi connectivity index (χ3v) is 3.39. The van der Waals surface area contributed by atoms with Gasteiger partial charge in [0.15, 0.2) is 0 Å². The molecule has 1 aliphatic heterocycles. The summed E-state index contributed by atoms with van der Waals surface area (Å²) in [5.41, 5.74) is 0.313. The number of aromatic carboxylic acids is 1. The Kier molecular flexibility index (Phi) is 3.61. The lowest BCUT2D eigenvalue weighted by atomic mass is 9.99. The van der Waals surface area contributed by atoms with Gasteiger partial charge in [-0.15, -0.1) is 0 Å². The minimum Gasteiger partial charge on any atom is -0.478 e. The number of rotatable bonds is 3. The van der Waals surface area contributed by atoms with E-state index in [-0.39, 0.29) is 0 Å². The summed E-state index contributed by atoms with van der Waals surface area (Å²) in [5.74, 6) is -0.264. The Hall–Kier alpha value is -1.58. The fraction of sp³-hybridized carbons (Fsp3) is 0.538. The number of hydrogen-bond donors (Lipinski definition) is 1. The van der Waals surface area contributed by atoms with Crippen LogP contribution in [0.1, 0.15) is 43.0 Å². The Morgan fingerprint density at radius 3 is 3.12 bits per heavy atom. The number of anilines is 1. The first kappa shape index (κ1) is 11.9. The fourth-order valence-corrected chi connectivity index (χ4v) is 2.50. The van der Waals surface area contributed by atoms with Gasteiger partial charge >= 0.3 is 5.97 Å². The first-order valence-electron chi connectivity index (χ1n) is 6.19. The van der Waals surface area contributed by atoms with Crippen molar-refractivity contribution in [3.8, 4) is 0 Å². The summed E-state index contributed by atoms with van der Waals surface area (Å²) in [5, 5.41) is 9.19. The molecule has 2 heterocycles. The predicted molar refractivity (Wildman–Crippen MR) is 66.5 cm³/mol. The third-order valence-electron chi connectivity index (χ3n) is 3.39. The highest BCUT2D eigenvalue weighted by Crippen LogP contribution is 2.27. The SMILES string of the molecule is CCC1CCCCN1c1ncccc1C(=O)O. The molecule has 0 bridgehead atoms. The fourth-order valence-electron chi connectivity index (χ4n) is 2.50. The maximum atomic E-state index is 11.2. The van der Waals surface area contributed by atoms with Crippen molar-refractivity contribution in [1.29, 1.82) is 0 Å². The Balaban J connectivity index is 2.34. The molecule has 1 aromatic heterocycles. The zero-order valence-corrected chi connectivity index (χ0v) is 10.1. The quantitative estimate of drug-likeness (QED) is 0.873. The second-order valence-corrected chi connectivity index (χ2v) is 4.43. The monoisotopic (exact) mass is 234 g/mol. The molecule has 0 spiro atoms. The van der Waals surface area contributed by atoms with E-state index in [4.69, 9.17) is 0 Å². The third kappa shape index (κ3) is 2.40. The molecule has 4 heteroatoms. The molecule has 17 heavy (non-hydrogen) atoms. The van der Waals surface area contributed by atoms with Crippen molar-refractivity contribution in [3.05, 3.63) is 23.9 Å². The zero-order chi connectivity index (χ0) is 12.3. The topological polar surface area (TPSA) is 53.4 Å². The van der Waals surface area contributed by atoms with Gasteiger partial charge in [-0.25, -0.2) is 9.78 Å². The molecule has 1 atom stereocenters. The van der Waals surface area contributed by atoms with Crippen LogP contribution in [0.3, 0.4) is 0 Å². The molecule has 1 aromatic rings. The van der Waals surface area contributed by atoms with E-state index in [1.807, 2.05) is 0 Å². The minimum atomic E-state index is -0.895. The van der Waals surface area contributed by atoms with Crippen molar-refractivity contribution in [1.82, 2.24) is 4.98 Å². The van der Waals surface area contributed by atoms with Crippen LogP contribution in [0.15, 0.2) is 18.3 Å². The second kappa shape index (κ2) is 5.17. The molecule has 1 unspecified atom stereocenters. The maximum Gasteiger partial charge on any atom is 0.339 e. The highest BCUT2D eigenvalue weighted by molar-refractivity contribution is 5.93. The van der Waals surface area contributed by atoms with E-state index in [0.29, 0.717) is 17.4 Å². The molecule has 0 aliphatic carbocycles. The first-order valence-corrected chi connectivity index (χ1v) is 6.19. The van der Waals surface area contributed by atoms with Crippen LogP contribution in [0.4, 0.5) is 5.82 Å². The van der Waals surface area contributed by atoms with Gasteiger partial charge in [-0.1, -0.05) is 6.92 Å². The van der Waals surface area contributed by atoms with E-state index < -0.39 is 5.97 Å². The summed E-state index contributed by atoms with van der Waals surface area (Å²) >= 11 is 0. The van der Waals surface area contributed by atoms with E-state index >= 15 is 0 Å². The van der Waals surface area contributed by atoms with Gasteiger partial charge in [-0.3, -0.25) is 0 Å². The van der Waals surface area contributed by atoms with Crippen LogP contribution in [0.5, 0.6) is 0 Å². The predicted octanol–water partition coefficient (Wildman–Crippen LogP) is 2.55. The molecule has 2 rings (SSSR count). The molecule has 0 amide bonds. The Morgan fingerprint density at radius 1 is 1.59 bits per heavy atom. The largest absolute Gasteiger partial charge is 0.478 e. The summed E-state index contributed by atoms with van der Waals surface area (Å²) in [6, 6.07) is 3.74. The first-order chi connectivity index (χ1) is 8.24. The van der Waals surface area contributed by atoms with E-state index in [0.717, 1.165) is 25.8 Å². The van der Waals surface area contributed by atoms with Crippen LogP contribution >= 0.6 is 0 Å². The molecular weight excluding hydrogens is 216 g/mol. The van der Waals surface area contributed by atoms with Crippen LogP contribution in [0.25, 0.3) is 0 Å². The lowest BCUT2D eigenvalue weighted by molar-refractivity contribution is 0.0697. The molecule has 1 N–H and O–H groups in total. The molecule has 0 radical (unpaired) electrons. The Bertz CT molecular complexity index is 406. The minimum absolute atomic E-state index is 0.313. The molecular formula is C13H18N2O2. The highest BCUT2D eigenvalue weighted by Gasteiger charge is 2.25. The van der Waals surface area contributed by atoms with Crippen LogP contribution in [-0.4, -0.2) is 28.6 Å². The van der Waals surface area contributed by atoms with E-state index in [1.54, 1.807) is 18.3 Å². The smallest absolute Gasteiger partial charge is 0.339 e. The van der Waals surface area contributed by atoms with Crippen LogP contribution in [0.2, 0.25) is 0 Å². The molecule has 92 valence electrons. The number of pyridine rings is 1. The summed E-state index contributed by atoms with van der Waals surface area (Å²) in [6.07, 6.45) is 6.18. The summed E-state index contributed by atoms with van der Waals surface area (Å²) < 4.78 is 0. The number of aromatic nitrogens is 1. The molecule has 4 nitrogen and oxygen atoms in total. The highest BCUT2D eigenvalue weighted by atomic mass is 16.4. The number of hydrogen-bond acceptors (Lipinski definition) is 3. The van der Waals surface area contributed by atoms with Crippen molar-refractivity contribution >= 4 is 11.8 Å². The summed E-state index contributed by atoms with van der Waals surface area (Å²) in [6.45, 7) is 3.06. The molecule has 1 saturated heterocycles. The zero-order valence-electron chi connectivity index (χ0n) is 10.1. The second-order valence-electron chi connectivity index (χ2n) is 4.43. The molecule has 1 fully saturated rings. The maximum absolute atomic E-state index is 11.2. The molecule has 0 aromatic carbocycles. The van der Waals surface area contributed by atoms with Gasteiger partial charge in [-0.2, -0.15) is 0 Å². The lowest BCUT2D eigenvalue weighted by Crippen LogP contribution is -2.40. The van der Waals surface area contributed by atoms with Gasteiger partial charge in [-0.05, 0) is 37.8 Å². The van der Waals surface area contributed by atoms with Crippen molar-refractivity contribution in [2.24, 2.45) is 0 Å². The Labute approximate surface area is 101 Å². The normalized spacial score (nSPS) is 20.3. The number of carboxylic acid groups (broad SMARTS) is 1. The van der Waals surface area contributed by atoms with E-state index in [1.165, 1.54) is 6.42 Å². The molecule has 0 saturated carbocycles. The van der Waals surface area contributed by atoms with Gasteiger partial charge < -0.3 is 10.0 Å². The number of nitrogens with zero attached hydrogens (tertiary/aromatic N) is 2. The van der Waals surface area contributed by atoms with Gasteiger partial charge in [0.25, 0.3) is 0 Å². The van der Waals surface area contributed by atoms with E-state index in [9.17, 15) is 9.90 Å². The van der Waals surface area contributed by atoms with Crippen molar-refractivity contribution in [2.75, 3.05) is 11.4 Å². The number of piperidine rings is 1. The molecule has 1 aliphatic rings. The van der Waals surface area contributed by atoms with Crippen LogP contribution in [-0.2, 0) is 0 Å². The van der Waals surface area contributed by atoms with Gasteiger partial charge in [0.2, 0.25) is 0 Å². The van der Waals surface area contributed by atoms with Gasteiger partial charge in [0.1, 0.15) is 11.4 Å². The summed E-state index contributed by atoms with van der Waals surface area (Å²) in [7, 11) is 0. The average molecular weight is 234 g/mol. The average Bonchev–Trinajstić information content (AvgIpc) is 2.38. The lowest BCUT2D eigenvalue weighted by Gasteiger charge is -2.36. The van der Waals surface area contributed by atoms with Crippen molar-refractivity contribution < 1.29 is 9.90 Å². The standard InChI is InChI=1S/C13H18N2O2/c1-2-10-6-3-4-9-15(10)12-11(13(16)17)7-5-8-14-12/h5,7-8,10H,2-4,6,9H2,1H3,(H,16,17). The van der Waals surface area contributed by atoms with Gasteiger partial charge in [0.05, 0.1) is 0 Å². The van der Waals surface area contributed by atoms with Crippen molar-refractivity contribution in [2.45, 2.75) is 38.6 Å².